The van der Waals surface area contributed by atoms with Gasteiger partial charge in [-0.3, -0.25) is 9.48 Å². The number of aromatic amines is 1. The molecule has 0 aliphatic carbocycles. The molecule has 0 saturated heterocycles. The standard InChI is InChI=1S/C21H23FN4O3S/c1-4-26-20-10-15(9-18(22)17(20)11-23-26)19-6-5-16(21(27)24-19)14-7-8-25(12-14)30(28,29)13(2)3/h5-7,9-11,13H,4,8,12H2,1-3H3,(H,24,27). The summed E-state index contributed by atoms with van der Waals surface area (Å²) >= 11 is 0. The fourth-order valence-electron chi connectivity index (χ4n) is 3.65. The van der Waals surface area contributed by atoms with Crippen molar-refractivity contribution in [1.29, 1.82) is 0 Å². The van der Waals surface area contributed by atoms with Crippen molar-refractivity contribution in [3.05, 3.63) is 58.3 Å². The van der Waals surface area contributed by atoms with E-state index < -0.39 is 21.1 Å². The van der Waals surface area contributed by atoms with Crippen LogP contribution < -0.4 is 5.56 Å². The first-order valence-corrected chi connectivity index (χ1v) is 11.3. The molecule has 0 bridgehead atoms. The Morgan fingerprint density at radius 2 is 2.03 bits per heavy atom. The van der Waals surface area contributed by atoms with Crippen molar-refractivity contribution in [3.63, 3.8) is 0 Å². The quantitative estimate of drug-likeness (QED) is 0.674. The highest BCUT2D eigenvalue weighted by Crippen LogP contribution is 2.27. The highest BCUT2D eigenvalue weighted by atomic mass is 32.2. The van der Waals surface area contributed by atoms with Crippen LogP contribution in [0.3, 0.4) is 0 Å². The van der Waals surface area contributed by atoms with Crippen LogP contribution in [0.15, 0.2) is 41.3 Å². The van der Waals surface area contributed by atoms with Gasteiger partial charge in [-0.05, 0) is 50.6 Å². The first kappa shape index (κ1) is 20.5. The first-order valence-electron chi connectivity index (χ1n) is 9.79. The van der Waals surface area contributed by atoms with Gasteiger partial charge >= 0.3 is 0 Å². The molecule has 0 amide bonds. The average molecular weight is 431 g/mol. The summed E-state index contributed by atoms with van der Waals surface area (Å²) in [6.07, 6.45) is 3.25. The fraction of sp³-hybridized carbons (Fsp3) is 0.333. The molecule has 1 aliphatic heterocycles. The molecule has 0 saturated carbocycles. The number of halogens is 1. The van der Waals surface area contributed by atoms with E-state index in [-0.39, 0.29) is 18.6 Å². The Morgan fingerprint density at radius 1 is 1.27 bits per heavy atom. The second kappa shape index (κ2) is 7.48. The summed E-state index contributed by atoms with van der Waals surface area (Å²) in [5.41, 5.74) is 2.43. The van der Waals surface area contributed by atoms with Crippen molar-refractivity contribution in [3.8, 4) is 11.3 Å². The zero-order valence-corrected chi connectivity index (χ0v) is 17.8. The van der Waals surface area contributed by atoms with Gasteiger partial charge in [0.25, 0.3) is 5.56 Å². The Morgan fingerprint density at radius 3 is 2.70 bits per heavy atom. The lowest BCUT2D eigenvalue weighted by atomic mass is 10.1. The zero-order chi connectivity index (χ0) is 21.6. The Balaban J connectivity index is 1.67. The summed E-state index contributed by atoms with van der Waals surface area (Å²) in [5.74, 6) is -0.403. The molecule has 1 aromatic carbocycles. The molecule has 3 aromatic rings. The number of benzene rings is 1. The molecule has 0 spiro atoms. The lowest BCUT2D eigenvalue weighted by molar-refractivity contribution is 0.482. The maximum atomic E-state index is 14.5. The van der Waals surface area contributed by atoms with Crippen LogP contribution in [0.4, 0.5) is 4.39 Å². The van der Waals surface area contributed by atoms with Gasteiger partial charge in [-0.1, -0.05) is 6.08 Å². The highest BCUT2D eigenvalue weighted by molar-refractivity contribution is 7.89. The Labute approximate surface area is 173 Å². The monoisotopic (exact) mass is 430 g/mol. The van der Waals surface area contributed by atoms with Crippen LogP contribution in [0.25, 0.3) is 27.7 Å². The summed E-state index contributed by atoms with van der Waals surface area (Å²) in [5, 5.41) is 4.09. The van der Waals surface area contributed by atoms with Crippen LogP contribution in [-0.4, -0.2) is 45.8 Å². The van der Waals surface area contributed by atoms with Gasteiger partial charge in [0.15, 0.2) is 0 Å². The maximum Gasteiger partial charge on any atom is 0.255 e. The molecular weight excluding hydrogens is 407 g/mol. The summed E-state index contributed by atoms with van der Waals surface area (Å²) in [6.45, 7) is 6.21. The van der Waals surface area contributed by atoms with Crippen LogP contribution in [0.5, 0.6) is 0 Å². The van der Waals surface area contributed by atoms with Crippen molar-refractivity contribution in [2.75, 3.05) is 13.1 Å². The topological polar surface area (TPSA) is 88.1 Å². The van der Waals surface area contributed by atoms with Gasteiger partial charge < -0.3 is 4.98 Å². The maximum absolute atomic E-state index is 14.5. The molecule has 9 heteroatoms. The molecule has 3 heterocycles. The predicted molar refractivity (Wildman–Crippen MR) is 115 cm³/mol. The second-order valence-electron chi connectivity index (χ2n) is 7.58. The molecule has 7 nitrogen and oxygen atoms in total. The largest absolute Gasteiger partial charge is 0.321 e. The normalized spacial score (nSPS) is 15.3. The number of pyridine rings is 1. The van der Waals surface area contributed by atoms with Crippen LogP contribution in [0.1, 0.15) is 26.3 Å². The van der Waals surface area contributed by atoms with E-state index in [0.29, 0.717) is 39.8 Å². The van der Waals surface area contributed by atoms with Crippen molar-refractivity contribution in [2.24, 2.45) is 0 Å². The number of sulfonamides is 1. The molecule has 0 atom stereocenters. The smallest absolute Gasteiger partial charge is 0.255 e. The number of aromatic nitrogens is 3. The van der Waals surface area contributed by atoms with Gasteiger partial charge in [-0.15, -0.1) is 0 Å². The first-order chi connectivity index (χ1) is 14.2. The summed E-state index contributed by atoms with van der Waals surface area (Å²) in [6, 6.07) is 6.54. The number of hydrogen-bond donors (Lipinski definition) is 1. The minimum Gasteiger partial charge on any atom is -0.321 e. The molecule has 158 valence electrons. The van der Waals surface area contributed by atoms with Crippen molar-refractivity contribution in [1.82, 2.24) is 19.1 Å². The molecule has 1 aliphatic rings. The van der Waals surface area contributed by atoms with Gasteiger partial charge in [0.05, 0.1) is 22.3 Å². The summed E-state index contributed by atoms with van der Waals surface area (Å²) < 4.78 is 42.3. The second-order valence-corrected chi connectivity index (χ2v) is 10.1. The van der Waals surface area contributed by atoms with E-state index in [0.717, 1.165) is 0 Å². The number of rotatable bonds is 5. The van der Waals surface area contributed by atoms with Crippen molar-refractivity contribution < 1.29 is 12.8 Å². The minimum atomic E-state index is -3.39. The van der Waals surface area contributed by atoms with E-state index in [2.05, 4.69) is 10.1 Å². The fourth-order valence-corrected chi connectivity index (χ4v) is 4.85. The molecule has 30 heavy (non-hydrogen) atoms. The zero-order valence-electron chi connectivity index (χ0n) is 17.0. The number of aryl methyl sites for hydroxylation is 1. The van der Waals surface area contributed by atoms with Crippen LogP contribution >= 0.6 is 0 Å². The van der Waals surface area contributed by atoms with Gasteiger partial charge in [0.2, 0.25) is 10.0 Å². The van der Waals surface area contributed by atoms with Gasteiger partial charge in [0, 0.05) is 36.5 Å². The predicted octanol–water partition coefficient (Wildman–Crippen LogP) is 2.99. The molecular formula is C21H23FN4O3S. The Kier molecular flexibility index (Phi) is 5.11. The number of H-pyrrole nitrogens is 1. The molecule has 4 rings (SSSR count). The van der Waals surface area contributed by atoms with Crippen molar-refractivity contribution >= 4 is 26.5 Å². The van der Waals surface area contributed by atoms with Gasteiger partial charge in [0.1, 0.15) is 5.82 Å². The number of nitrogens with one attached hydrogen (secondary N) is 1. The lowest BCUT2D eigenvalue weighted by Crippen LogP contribution is -2.34. The van der Waals surface area contributed by atoms with Crippen LogP contribution in [-0.2, 0) is 16.6 Å². The third-order valence-electron chi connectivity index (χ3n) is 5.42. The van der Waals surface area contributed by atoms with Crippen LogP contribution in [0, 0.1) is 5.82 Å². The summed E-state index contributed by atoms with van der Waals surface area (Å²) in [4.78, 5) is 15.5. The van der Waals surface area contributed by atoms with Gasteiger partial charge in [-0.2, -0.15) is 9.40 Å². The number of nitrogens with zero attached hydrogens (tertiary/aromatic N) is 3. The number of hydrogen-bond acceptors (Lipinski definition) is 4. The van der Waals surface area contributed by atoms with Crippen molar-refractivity contribution in [2.45, 2.75) is 32.6 Å². The average Bonchev–Trinajstić information content (AvgIpc) is 3.35. The Hall–Kier alpha value is -2.78. The molecule has 0 unspecified atom stereocenters. The van der Waals surface area contributed by atoms with E-state index >= 15 is 0 Å². The SMILES string of the molecule is CCn1ncc2c(F)cc(-c3ccc(C4=CCN(S(=O)(=O)C(C)C)C4)c(=O)[nH]3)cc21. The lowest BCUT2D eigenvalue weighted by Gasteiger charge is -2.19. The molecule has 0 fully saturated rings. The number of fused-ring (bicyclic) bond motifs is 1. The van der Waals surface area contributed by atoms with E-state index in [4.69, 9.17) is 0 Å². The third kappa shape index (κ3) is 3.37. The van der Waals surface area contributed by atoms with E-state index in [1.807, 2.05) is 6.92 Å². The molecule has 0 radical (unpaired) electrons. The van der Waals surface area contributed by atoms with E-state index in [1.165, 1.54) is 16.6 Å². The molecule has 2 aromatic heterocycles. The van der Waals surface area contributed by atoms with E-state index in [1.54, 1.807) is 42.8 Å². The Bertz CT molecular complexity index is 1320. The van der Waals surface area contributed by atoms with E-state index in [9.17, 15) is 17.6 Å². The minimum absolute atomic E-state index is 0.166. The molecule has 1 N–H and O–H groups in total. The van der Waals surface area contributed by atoms with Crippen LogP contribution in [0.2, 0.25) is 0 Å². The summed E-state index contributed by atoms with van der Waals surface area (Å²) in [7, 11) is -3.39. The highest BCUT2D eigenvalue weighted by Gasteiger charge is 2.30. The van der Waals surface area contributed by atoms with Gasteiger partial charge in [-0.25, -0.2) is 12.8 Å². The third-order valence-corrected chi connectivity index (χ3v) is 7.61.